The van der Waals surface area contributed by atoms with Crippen molar-refractivity contribution in [3.63, 3.8) is 0 Å². The first kappa shape index (κ1) is 19.7. The summed E-state index contributed by atoms with van der Waals surface area (Å²) < 4.78 is 38.7. The number of benzene rings is 1. The summed E-state index contributed by atoms with van der Waals surface area (Å²) >= 11 is 0. The Kier molecular flexibility index (Phi) is 5.74. The predicted molar refractivity (Wildman–Crippen MR) is 95.2 cm³/mol. The van der Waals surface area contributed by atoms with Gasteiger partial charge in [-0.2, -0.15) is 13.2 Å². The molecule has 2 heterocycles. The number of likely N-dealkylation sites (N-methyl/N-ethyl adjacent to an activating group) is 1. The van der Waals surface area contributed by atoms with Gasteiger partial charge in [0.05, 0.1) is 11.5 Å². The minimum atomic E-state index is -4.47. The molecule has 8 heteroatoms. The van der Waals surface area contributed by atoms with E-state index in [1.54, 1.807) is 11.9 Å². The van der Waals surface area contributed by atoms with Crippen molar-refractivity contribution in [2.24, 2.45) is 5.92 Å². The highest BCUT2D eigenvalue weighted by Crippen LogP contribution is 2.33. The van der Waals surface area contributed by atoms with Crippen molar-refractivity contribution in [2.75, 3.05) is 44.7 Å². The maximum atomic E-state index is 12.9. The number of carbonyl (C=O) groups excluding carboxylic acids is 2. The minimum absolute atomic E-state index is 0.0309. The van der Waals surface area contributed by atoms with E-state index in [9.17, 15) is 22.8 Å². The molecule has 0 spiro atoms. The van der Waals surface area contributed by atoms with Gasteiger partial charge in [0.1, 0.15) is 0 Å². The Hall–Kier alpha value is -2.09. The maximum absolute atomic E-state index is 12.9. The third-order valence-electron chi connectivity index (χ3n) is 5.29. The third-order valence-corrected chi connectivity index (χ3v) is 5.29. The minimum Gasteiger partial charge on any atom is -0.344 e. The lowest BCUT2D eigenvalue weighted by Gasteiger charge is -2.24. The first-order valence-electron chi connectivity index (χ1n) is 9.20. The molecule has 2 aliphatic rings. The SMILES string of the molecule is CN(CCN1CCCC1)C(=O)C1CC(=O)N(c2cccc(C(F)(F)F)c2)C1. The van der Waals surface area contributed by atoms with Crippen LogP contribution in [0.3, 0.4) is 0 Å². The Bertz CT molecular complexity index is 702. The fraction of sp³-hybridized carbons (Fsp3) is 0.579. The first-order valence-corrected chi connectivity index (χ1v) is 9.20. The van der Waals surface area contributed by atoms with Crippen molar-refractivity contribution in [1.29, 1.82) is 0 Å². The van der Waals surface area contributed by atoms with E-state index in [2.05, 4.69) is 4.90 Å². The zero-order chi connectivity index (χ0) is 19.6. The van der Waals surface area contributed by atoms with E-state index in [0.717, 1.165) is 31.8 Å². The topological polar surface area (TPSA) is 43.9 Å². The Labute approximate surface area is 156 Å². The monoisotopic (exact) mass is 383 g/mol. The fourth-order valence-corrected chi connectivity index (χ4v) is 3.69. The highest BCUT2D eigenvalue weighted by molar-refractivity contribution is 6.00. The van der Waals surface area contributed by atoms with Gasteiger partial charge >= 0.3 is 6.18 Å². The molecule has 3 rings (SSSR count). The van der Waals surface area contributed by atoms with Gasteiger partial charge in [0.25, 0.3) is 0 Å². The summed E-state index contributed by atoms with van der Waals surface area (Å²) in [5.74, 6) is -0.965. The van der Waals surface area contributed by atoms with E-state index in [0.29, 0.717) is 6.54 Å². The molecule has 0 bridgehead atoms. The predicted octanol–water partition coefficient (Wildman–Crippen LogP) is 2.61. The Morgan fingerprint density at radius 1 is 1.26 bits per heavy atom. The van der Waals surface area contributed by atoms with Crippen LogP contribution in [0.1, 0.15) is 24.8 Å². The van der Waals surface area contributed by atoms with Crippen LogP contribution >= 0.6 is 0 Å². The van der Waals surface area contributed by atoms with Gasteiger partial charge in [0.2, 0.25) is 11.8 Å². The standard InChI is InChI=1S/C19H24F3N3O2/c1-23(9-10-24-7-2-3-8-24)18(27)14-11-17(26)25(13-14)16-6-4-5-15(12-16)19(20,21)22/h4-6,12,14H,2-3,7-11,13H2,1H3. The van der Waals surface area contributed by atoms with Crippen LogP contribution in [-0.2, 0) is 15.8 Å². The number of likely N-dealkylation sites (tertiary alicyclic amines) is 1. The normalized spacial score (nSPS) is 21.1. The van der Waals surface area contributed by atoms with Crippen LogP contribution in [0.25, 0.3) is 0 Å². The molecule has 2 aliphatic heterocycles. The van der Waals surface area contributed by atoms with Gasteiger partial charge in [0, 0.05) is 38.8 Å². The van der Waals surface area contributed by atoms with Crippen LogP contribution < -0.4 is 4.90 Å². The molecular weight excluding hydrogens is 359 g/mol. The van der Waals surface area contributed by atoms with Gasteiger partial charge < -0.3 is 14.7 Å². The average Bonchev–Trinajstić information content (AvgIpc) is 3.28. The molecule has 0 saturated carbocycles. The molecule has 1 unspecified atom stereocenters. The largest absolute Gasteiger partial charge is 0.416 e. The Morgan fingerprint density at radius 2 is 1.96 bits per heavy atom. The van der Waals surface area contributed by atoms with Gasteiger partial charge in [-0.05, 0) is 44.1 Å². The molecule has 0 radical (unpaired) electrons. The zero-order valence-electron chi connectivity index (χ0n) is 15.3. The number of nitrogens with zero attached hydrogens (tertiary/aromatic N) is 3. The van der Waals surface area contributed by atoms with Crippen molar-refractivity contribution < 1.29 is 22.8 Å². The first-order chi connectivity index (χ1) is 12.8. The second kappa shape index (κ2) is 7.88. The molecule has 0 aromatic heterocycles. The maximum Gasteiger partial charge on any atom is 0.416 e. The highest BCUT2D eigenvalue weighted by Gasteiger charge is 2.37. The lowest BCUT2D eigenvalue weighted by Crippen LogP contribution is -2.39. The number of alkyl halides is 3. The highest BCUT2D eigenvalue weighted by atomic mass is 19.4. The quantitative estimate of drug-likeness (QED) is 0.785. The lowest BCUT2D eigenvalue weighted by atomic mass is 10.1. The van der Waals surface area contributed by atoms with E-state index in [1.165, 1.54) is 29.9 Å². The molecule has 0 aliphatic carbocycles. The van der Waals surface area contributed by atoms with Crippen LogP contribution in [-0.4, -0.2) is 61.4 Å². The molecule has 27 heavy (non-hydrogen) atoms. The summed E-state index contributed by atoms with van der Waals surface area (Å²) in [7, 11) is 1.72. The van der Waals surface area contributed by atoms with Crippen molar-refractivity contribution in [1.82, 2.24) is 9.80 Å². The van der Waals surface area contributed by atoms with Crippen molar-refractivity contribution in [3.8, 4) is 0 Å². The summed E-state index contributed by atoms with van der Waals surface area (Å²) in [6, 6.07) is 4.68. The molecule has 1 aromatic rings. The molecule has 2 saturated heterocycles. The number of hydrogen-bond acceptors (Lipinski definition) is 3. The molecule has 148 valence electrons. The van der Waals surface area contributed by atoms with Gasteiger partial charge in [-0.25, -0.2) is 0 Å². The van der Waals surface area contributed by atoms with Crippen molar-refractivity contribution in [2.45, 2.75) is 25.4 Å². The second-order valence-corrected chi connectivity index (χ2v) is 7.26. The fourth-order valence-electron chi connectivity index (χ4n) is 3.69. The van der Waals surface area contributed by atoms with Crippen LogP contribution in [0.2, 0.25) is 0 Å². The number of amides is 2. The molecule has 1 aromatic carbocycles. The van der Waals surface area contributed by atoms with Crippen LogP contribution in [0.4, 0.5) is 18.9 Å². The molecular formula is C19H24F3N3O2. The summed E-state index contributed by atoms with van der Waals surface area (Å²) in [4.78, 5) is 30.2. The van der Waals surface area contributed by atoms with Gasteiger partial charge in [0.15, 0.2) is 0 Å². The number of hydrogen-bond donors (Lipinski definition) is 0. The van der Waals surface area contributed by atoms with Gasteiger partial charge in [-0.15, -0.1) is 0 Å². The zero-order valence-corrected chi connectivity index (χ0v) is 15.3. The number of anilines is 1. The number of rotatable bonds is 5. The van der Waals surface area contributed by atoms with E-state index in [-0.39, 0.29) is 30.5 Å². The van der Waals surface area contributed by atoms with Gasteiger partial charge in [-0.3, -0.25) is 9.59 Å². The smallest absolute Gasteiger partial charge is 0.344 e. The summed E-state index contributed by atoms with van der Waals surface area (Å²) in [5.41, 5.74) is -0.616. The van der Waals surface area contributed by atoms with Crippen LogP contribution in [0, 0.1) is 5.92 Å². The van der Waals surface area contributed by atoms with E-state index in [4.69, 9.17) is 0 Å². The van der Waals surface area contributed by atoms with Crippen molar-refractivity contribution in [3.05, 3.63) is 29.8 Å². The Morgan fingerprint density at radius 3 is 2.63 bits per heavy atom. The molecule has 1 atom stereocenters. The molecule has 0 N–H and O–H groups in total. The summed E-state index contributed by atoms with van der Waals surface area (Å²) in [6.45, 7) is 3.61. The Balaban J connectivity index is 1.61. The van der Waals surface area contributed by atoms with Crippen LogP contribution in [0.15, 0.2) is 24.3 Å². The molecule has 5 nitrogen and oxygen atoms in total. The van der Waals surface area contributed by atoms with Gasteiger partial charge in [-0.1, -0.05) is 6.07 Å². The molecule has 2 fully saturated rings. The van der Waals surface area contributed by atoms with E-state index >= 15 is 0 Å². The van der Waals surface area contributed by atoms with Crippen LogP contribution in [0.5, 0.6) is 0 Å². The average molecular weight is 383 g/mol. The second-order valence-electron chi connectivity index (χ2n) is 7.26. The number of halogens is 3. The summed E-state index contributed by atoms with van der Waals surface area (Å²) in [6.07, 6.45) is -2.08. The van der Waals surface area contributed by atoms with Crippen molar-refractivity contribution >= 4 is 17.5 Å². The third kappa shape index (κ3) is 4.61. The number of carbonyl (C=O) groups is 2. The lowest BCUT2D eigenvalue weighted by molar-refractivity contribution is -0.137. The summed E-state index contributed by atoms with van der Waals surface area (Å²) in [5, 5.41) is 0. The van der Waals surface area contributed by atoms with E-state index in [1.807, 2.05) is 0 Å². The molecule has 2 amide bonds. The van der Waals surface area contributed by atoms with E-state index < -0.39 is 17.7 Å².